The molecule has 0 fully saturated rings. The van der Waals surface area contributed by atoms with Gasteiger partial charge in [0.05, 0.1) is 0 Å². The SMILES string of the molecule is CC(C)CN(CC(C)C)C(=O)[C@H](N)c1ccccc1. The Labute approximate surface area is 116 Å². The Kier molecular flexibility index (Phi) is 6.03. The first-order chi connectivity index (χ1) is 8.91. The summed E-state index contributed by atoms with van der Waals surface area (Å²) in [6, 6.07) is 9.02. The fourth-order valence-electron chi connectivity index (χ4n) is 2.14. The smallest absolute Gasteiger partial charge is 0.244 e. The molecule has 0 unspecified atom stereocenters. The molecule has 3 heteroatoms. The highest BCUT2D eigenvalue weighted by Crippen LogP contribution is 2.15. The van der Waals surface area contributed by atoms with E-state index in [1.54, 1.807) is 0 Å². The van der Waals surface area contributed by atoms with Crippen LogP contribution < -0.4 is 5.73 Å². The van der Waals surface area contributed by atoms with Crippen LogP contribution in [-0.4, -0.2) is 23.9 Å². The normalized spacial score (nSPS) is 12.8. The summed E-state index contributed by atoms with van der Waals surface area (Å²) in [6.45, 7) is 10.0. The largest absolute Gasteiger partial charge is 0.341 e. The number of carbonyl (C=O) groups is 1. The van der Waals surface area contributed by atoms with E-state index >= 15 is 0 Å². The molecular weight excluding hydrogens is 236 g/mol. The minimum atomic E-state index is -0.557. The summed E-state index contributed by atoms with van der Waals surface area (Å²) in [5.41, 5.74) is 6.98. The maximum absolute atomic E-state index is 12.5. The number of nitrogens with zero attached hydrogens (tertiary/aromatic N) is 1. The topological polar surface area (TPSA) is 46.3 Å². The van der Waals surface area contributed by atoms with Crippen molar-refractivity contribution in [1.29, 1.82) is 0 Å². The third kappa shape index (κ3) is 5.03. The molecule has 1 aromatic carbocycles. The van der Waals surface area contributed by atoms with Gasteiger partial charge in [-0.25, -0.2) is 0 Å². The zero-order valence-electron chi connectivity index (χ0n) is 12.5. The van der Waals surface area contributed by atoms with Crippen LogP contribution >= 0.6 is 0 Å². The maximum Gasteiger partial charge on any atom is 0.244 e. The molecule has 3 nitrogen and oxygen atoms in total. The van der Waals surface area contributed by atoms with Gasteiger partial charge in [-0.15, -0.1) is 0 Å². The molecule has 0 bridgehead atoms. The summed E-state index contributed by atoms with van der Waals surface area (Å²) in [7, 11) is 0. The Morgan fingerprint density at radius 1 is 1.05 bits per heavy atom. The summed E-state index contributed by atoms with van der Waals surface area (Å²) in [5, 5.41) is 0. The van der Waals surface area contributed by atoms with Gasteiger partial charge in [-0.05, 0) is 17.4 Å². The van der Waals surface area contributed by atoms with Crippen LogP contribution in [0.15, 0.2) is 30.3 Å². The zero-order valence-corrected chi connectivity index (χ0v) is 12.5. The van der Waals surface area contributed by atoms with Crippen molar-refractivity contribution in [2.45, 2.75) is 33.7 Å². The number of amides is 1. The van der Waals surface area contributed by atoms with Crippen LogP contribution in [0.3, 0.4) is 0 Å². The fraction of sp³-hybridized carbons (Fsp3) is 0.562. The number of hydrogen-bond acceptors (Lipinski definition) is 2. The predicted octanol–water partition coefficient (Wildman–Crippen LogP) is 2.83. The molecule has 1 atom stereocenters. The summed E-state index contributed by atoms with van der Waals surface area (Å²) in [6.07, 6.45) is 0. The van der Waals surface area contributed by atoms with Gasteiger partial charge in [0.15, 0.2) is 0 Å². The van der Waals surface area contributed by atoms with E-state index < -0.39 is 6.04 Å². The molecule has 19 heavy (non-hydrogen) atoms. The van der Waals surface area contributed by atoms with Gasteiger partial charge < -0.3 is 10.6 Å². The van der Waals surface area contributed by atoms with Crippen molar-refractivity contribution in [3.63, 3.8) is 0 Å². The van der Waals surface area contributed by atoms with Crippen molar-refractivity contribution in [2.75, 3.05) is 13.1 Å². The van der Waals surface area contributed by atoms with Gasteiger partial charge in [0.2, 0.25) is 5.91 Å². The van der Waals surface area contributed by atoms with Crippen LogP contribution in [0.5, 0.6) is 0 Å². The first-order valence-corrected chi connectivity index (χ1v) is 7.01. The molecule has 0 aliphatic rings. The van der Waals surface area contributed by atoms with Crippen LogP contribution in [0.4, 0.5) is 0 Å². The van der Waals surface area contributed by atoms with E-state index in [0.717, 1.165) is 18.7 Å². The minimum absolute atomic E-state index is 0.0219. The van der Waals surface area contributed by atoms with E-state index in [0.29, 0.717) is 11.8 Å². The van der Waals surface area contributed by atoms with Gasteiger partial charge in [-0.1, -0.05) is 58.0 Å². The van der Waals surface area contributed by atoms with Gasteiger partial charge in [-0.3, -0.25) is 4.79 Å². The molecule has 0 aliphatic heterocycles. The van der Waals surface area contributed by atoms with Crippen molar-refractivity contribution in [3.8, 4) is 0 Å². The number of nitrogens with two attached hydrogens (primary N) is 1. The number of benzene rings is 1. The lowest BCUT2D eigenvalue weighted by molar-refractivity contribution is -0.133. The third-order valence-electron chi connectivity index (χ3n) is 2.91. The van der Waals surface area contributed by atoms with Crippen LogP contribution in [0.2, 0.25) is 0 Å². The fourth-order valence-corrected chi connectivity index (χ4v) is 2.14. The average molecular weight is 262 g/mol. The quantitative estimate of drug-likeness (QED) is 0.857. The Morgan fingerprint density at radius 2 is 1.53 bits per heavy atom. The molecule has 0 saturated heterocycles. The van der Waals surface area contributed by atoms with E-state index in [2.05, 4.69) is 27.7 Å². The van der Waals surface area contributed by atoms with Crippen LogP contribution in [0, 0.1) is 11.8 Å². The molecule has 0 aliphatic carbocycles. The molecule has 0 aromatic heterocycles. The molecule has 2 N–H and O–H groups in total. The number of hydrogen-bond donors (Lipinski definition) is 1. The lowest BCUT2D eigenvalue weighted by atomic mass is 10.0. The van der Waals surface area contributed by atoms with E-state index in [1.165, 1.54) is 0 Å². The standard InChI is InChI=1S/C16H26N2O/c1-12(2)10-18(11-13(3)4)16(19)15(17)14-8-6-5-7-9-14/h5-9,12-13,15H,10-11,17H2,1-4H3/t15-/m1/s1. The summed E-state index contributed by atoms with van der Waals surface area (Å²) in [4.78, 5) is 14.4. The van der Waals surface area contributed by atoms with E-state index in [9.17, 15) is 4.79 Å². The third-order valence-corrected chi connectivity index (χ3v) is 2.91. The first kappa shape index (κ1) is 15.7. The summed E-state index contributed by atoms with van der Waals surface area (Å²) in [5.74, 6) is 0.921. The molecule has 0 spiro atoms. The Morgan fingerprint density at radius 3 is 1.95 bits per heavy atom. The Bertz CT molecular complexity index is 377. The van der Waals surface area contributed by atoms with Gasteiger partial charge in [0.1, 0.15) is 6.04 Å². The van der Waals surface area contributed by atoms with Crippen molar-refractivity contribution >= 4 is 5.91 Å². The highest BCUT2D eigenvalue weighted by molar-refractivity contribution is 5.83. The molecule has 1 amide bonds. The minimum Gasteiger partial charge on any atom is -0.341 e. The van der Waals surface area contributed by atoms with Gasteiger partial charge in [0, 0.05) is 13.1 Å². The second kappa shape index (κ2) is 7.29. The predicted molar refractivity (Wildman–Crippen MR) is 79.6 cm³/mol. The number of carbonyl (C=O) groups excluding carboxylic acids is 1. The summed E-state index contributed by atoms with van der Waals surface area (Å²) < 4.78 is 0. The van der Waals surface area contributed by atoms with Crippen molar-refractivity contribution < 1.29 is 4.79 Å². The van der Waals surface area contributed by atoms with Crippen LogP contribution in [0.1, 0.15) is 39.3 Å². The van der Waals surface area contributed by atoms with Gasteiger partial charge in [0.25, 0.3) is 0 Å². The van der Waals surface area contributed by atoms with Crippen molar-refractivity contribution in [2.24, 2.45) is 17.6 Å². The second-order valence-electron chi connectivity index (χ2n) is 5.92. The molecule has 1 aromatic rings. The van der Waals surface area contributed by atoms with Crippen LogP contribution in [-0.2, 0) is 4.79 Å². The highest BCUT2D eigenvalue weighted by Gasteiger charge is 2.23. The molecule has 1 rings (SSSR count). The lowest BCUT2D eigenvalue weighted by Crippen LogP contribution is -2.42. The molecule has 0 radical (unpaired) electrons. The van der Waals surface area contributed by atoms with Gasteiger partial charge >= 0.3 is 0 Å². The van der Waals surface area contributed by atoms with Crippen molar-refractivity contribution in [3.05, 3.63) is 35.9 Å². The zero-order chi connectivity index (χ0) is 14.4. The van der Waals surface area contributed by atoms with Crippen LogP contribution in [0.25, 0.3) is 0 Å². The first-order valence-electron chi connectivity index (χ1n) is 7.01. The Hall–Kier alpha value is -1.35. The monoisotopic (exact) mass is 262 g/mol. The van der Waals surface area contributed by atoms with Crippen molar-refractivity contribution in [1.82, 2.24) is 4.90 Å². The van der Waals surface area contributed by atoms with E-state index in [-0.39, 0.29) is 5.91 Å². The molecule has 106 valence electrons. The molecular formula is C16H26N2O. The van der Waals surface area contributed by atoms with E-state index in [1.807, 2.05) is 35.2 Å². The average Bonchev–Trinajstić information content (AvgIpc) is 2.36. The van der Waals surface area contributed by atoms with Gasteiger partial charge in [-0.2, -0.15) is 0 Å². The maximum atomic E-state index is 12.5. The summed E-state index contributed by atoms with van der Waals surface area (Å²) >= 11 is 0. The van der Waals surface area contributed by atoms with E-state index in [4.69, 9.17) is 5.73 Å². The second-order valence-corrected chi connectivity index (χ2v) is 5.92. The number of rotatable bonds is 6. The lowest BCUT2D eigenvalue weighted by Gasteiger charge is -2.29. The molecule has 0 heterocycles. The highest BCUT2D eigenvalue weighted by atomic mass is 16.2. The Balaban J connectivity index is 2.80. The molecule has 0 saturated carbocycles.